The first-order valence-corrected chi connectivity index (χ1v) is 47.0. The molecule has 0 amide bonds. The molecule has 0 saturated carbocycles. The molecule has 11 unspecified atom stereocenters. The van der Waals surface area contributed by atoms with E-state index in [-0.39, 0.29) is 80.5 Å². The van der Waals surface area contributed by atoms with E-state index in [1.54, 1.807) is 0 Å². The first-order chi connectivity index (χ1) is 58.4. The molecule has 0 aliphatic carbocycles. The van der Waals surface area contributed by atoms with Crippen molar-refractivity contribution >= 4 is 124 Å². The number of thioether (sulfide) groups is 7. The molecule has 30 heterocycles. The summed E-state index contributed by atoms with van der Waals surface area (Å²) >= 11 is 6.18. The second kappa shape index (κ2) is 49.8. The minimum atomic E-state index is -2.33. The van der Waals surface area contributed by atoms with E-state index in [9.17, 15) is 156 Å². The molecule has 24 N–H and O–H groups in total. The Kier molecular flexibility index (Phi) is 42.1. The van der Waals surface area contributed by atoms with E-state index in [4.69, 9.17) is 75.8 Å². The van der Waals surface area contributed by atoms with Gasteiger partial charge in [-0.25, -0.2) is 0 Å². The van der Waals surface area contributed by atoms with Gasteiger partial charge in [0.2, 0.25) is 0 Å². The Bertz CT molecular complexity index is 3160. The quantitative estimate of drug-likeness (QED) is 0.0259. The molecule has 708 valence electrons. The van der Waals surface area contributed by atoms with E-state index in [1.165, 1.54) is 0 Å². The highest BCUT2D eigenvalue weighted by molar-refractivity contribution is 8.00. The molecular formula is C69H108O47S7. The number of rotatable bonds is 36. The second-order valence-electron chi connectivity index (χ2n) is 29.7. The van der Waals surface area contributed by atoms with Crippen LogP contribution in [-0.2, 0) is 109 Å². The third-order valence-corrected chi connectivity index (χ3v) is 28.2. The highest BCUT2D eigenvalue weighted by Crippen LogP contribution is 2.43. The lowest BCUT2D eigenvalue weighted by Crippen LogP contribution is -2.69. The Morgan fingerprint density at radius 3 is 0.407 bits per heavy atom. The van der Waals surface area contributed by atoms with Gasteiger partial charge in [-0.2, -0.15) is 82.3 Å². The molecule has 40 atom stereocenters. The van der Waals surface area contributed by atoms with Crippen LogP contribution in [0.15, 0.2) is 0 Å². The molecule has 30 aliphatic rings. The summed E-state index contributed by atoms with van der Waals surface area (Å²) < 4.78 is 99.1. The summed E-state index contributed by atoms with van der Waals surface area (Å²) in [6.07, 6.45) is -85.4. The molecular weight excluding hydrogens is 1810 g/mol. The molecule has 47 nitrogen and oxygen atoms in total. The van der Waals surface area contributed by atoms with Crippen molar-refractivity contribution in [3.05, 3.63) is 0 Å². The van der Waals surface area contributed by atoms with Crippen LogP contribution in [0.1, 0.15) is 44.9 Å². The third-order valence-electron chi connectivity index (χ3n) is 20.8. The summed E-state index contributed by atoms with van der Waals surface area (Å²) in [5.74, 6) is -12.4. The van der Waals surface area contributed by atoms with Gasteiger partial charge in [0.25, 0.3) is 0 Å². The first-order valence-electron chi connectivity index (χ1n) is 38.9. The first kappa shape index (κ1) is 104. The van der Waals surface area contributed by atoms with Gasteiger partial charge in [0, 0.05) is 80.5 Å². The molecule has 30 saturated heterocycles. The topological polar surface area (TPSA) is 753 Å². The lowest BCUT2D eigenvalue weighted by molar-refractivity contribution is -0.397. The van der Waals surface area contributed by atoms with Crippen molar-refractivity contribution in [2.75, 3.05) is 87.1 Å². The van der Waals surface area contributed by atoms with Crippen LogP contribution < -0.4 is 0 Å². The number of carboxylic acids is 7. The average molecular weight is 1910 g/mol. The van der Waals surface area contributed by atoms with Crippen LogP contribution >= 0.6 is 82.3 Å². The van der Waals surface area contributed by atoms with Crippen LogP contribution in [-0.4, -0.2) is 497 Å². The Balaban J connectivity index is 1.10. The minimum absolute atomic E-state index is 0.148. The van der Waals surface area contributed by atoms with Gasteiger partial charge in [-0.15, -0.1) is 0 Å². The van der Waals surface area contributed by atoms with Crippen molar-refractivity contribution in [1.82, 2.24) is 0 Å². The van der Waals surface area contributed by atoms with E-state index in [1.807, 2.05) is 0 Å². The van der Waals surface area contributed by atoms with Crippen LogP contribution in [0.4, 0.5) is 0 Å². The van der Waals surface area contributed by atoms with E-state index < -0.39 is 339 Å². The fourth-order valence-electron chi connectivity index (χ4n) is 14.3. The zero-order valence-corrected chi connectivity index (χ0v) is 70.8. The van der Waals surface area contributed by atoms with Crippen molar-refractivity contribution in [2.24, 2.45) is 0 Å². The molecule has 16 bridgehead atoms. The highest BCUT2D eigenvalue weighted by Gasteiger charge is 2.61. The van der Waals surface area contributed by atoms with E-state index in [2.05, 4.69) is 0 Å². The predicted octanol–water partition coefficient (Wildman–Crippen LogP) is -8.90. The van der Waals surface area contributed by atoms with Gasteiger partial charge in [0.05, 0.1) is 94.3 Å². The molecule has 30 rings (SSSR count). The van der Waals surface area contributed by atoms with E-state index in [0.29, 0.717) is 0 Å². The maximum atomic E-state index is 12.3. The lowest BCUT2D eigenvalue weighted by Gasteiger charge is -2.51. The van der Waals surface area contributed by atoms with E-state index >= 15 is 0 Å². The monoisotopic (exact) mass is 1910 g/mol. The fraction of sp³-hybridized carbons (Fsp3) is 0.899. The maximum absolute atomic E-state index is 12.3. The summed E-state index contributed by atoms with van der Waals surface area (Å²) in [5, 5.41) is 271. The van der Waals surface area contributed by atoms with Crippen LogP contribution in [0.5, 0.6) is 0 Å². The van der Waals surface area contributed by atoms with Crippen LogP contribution in [0.3, 0.4) is 0 Å². The fourth-order valence-corrected chi connectivity index (χ4v) is 21.2. The summed E-state index contributed by atoms with van der Waals surface area (Å²) in [6.45, 7) is -1.14. The van der Waals surface area contributed by atoms with Crippen molar-refractivity contribution in [1.29, 1.82) is 0 Å². The lowest BCUT2D eigenvalue weighted by atomic mass is 9.95. The summed E-state index contributed by atoms with van der Waals surface area (Å²) in [5.41, 5.74) is 0. The van der Waals surface area contributed by atoms with Gasteiger partial charge in [-0.1, -0.05) is 0 Å². The van der Waals surface area contributed by atoms with Gasteiger partial charge in [-0.05, 0) is 0 Å². The highest BCUT2D eigenvalue weighted by atomic mass is 32.2. The van der Waals surface area contributed by atoms with Crippen LogP contribution in [0.2, 0.25) is 0 Å². The van der Waals surface area contributed by atoms with Crippen molar-refractivity contribution in [3.8, 4) is 0 Å². The number of aliphatic hydroxyl groups excluding tert-OH is 17. The number of ether oxygens (including phenoxy) is 16. The van der Waals surface area contributed by atoms with Gasteiger partial charge in [-0.3, -0.25) is 33.6 Å². The van der Waals surface area contributed by atoms with Crippen molar-refractivity contribution in [2.45, 2.75) is 291 Å². The van der Waals surface area contributed by atoms with Gasteiger partial charge in [0.1, 0.15) is 153 Å². The normalized spacial score (nSPS) is 42.7. The van der Waals surface area contributed by atoms with Gasteiger partial charge in [0.15, 0.2) is 50.3 Å². The second-order valence-corrected chi connectivity index (χ2v) is 37.8. The zero-order valence-electron chi connectivity index (χ0n) is 65.1. The van der Waals surface area contributed by atoms with Crippen molar-refractivity contribution in [3.63, 3.8) is 0 Å². The SMILES string of the molecule is O=C(O)CCSC[C@H]1O[C@@H]2O[C@H]3C(O)[C@@H](O)C(O[C@@H]3CSCCC(=O)O)O[C@H]3C(O)[C@@H](O)C(O[C@@H]3CSCCC(=O)O)O[C@H]3C(O)[C@@H](O)[C@@H](O[C@H]4[C@@H](O)[C@@H](O)[C@H](O[C@@H]4CSCCC(=O)O)O[C@H]4C(O)[C@@H](O)C(O[C@H]5[C@@H](O)[C@@H](O)[C@H](O[C@@H]5CSCCC(=O)O)O[C@H]5C(O)[C@@H](O)C(OC1C(O)[C@H]2O)O[C@@H]5CSCCC(=O)O)O[C@@H]4CO)O[C@@H]3CSCCC(=O)O. The maximum Gasteiger partial charge on any atom is 0.304 e. The Morgan fingerprint density at radius 1 is 0.179 bits per heavy atom. The number of aliphatic hydroxyl groups is 17. The molecule has 0 aromatic rings. The molecule has 0 radical (unpaired) electrons. The number of carboxylic acid groups (broad SMARTS) is 7. The Hall–Kier alpha value is -2.58. The zero-order chi connectivity index (χ0) is 90.0. The smallest absolute Gasteiger partial charge is 0.304 e. The van der Waals surface area contributed by atoms with Crippen LogP contribution in [0, 0.1) is 0 Å². The standard InChI is InChI=1S/C69H108O47S7/c70-15-23-54-38(85)46(93)62(101-23)110-55-24(16-117-8-1-31(71)72)103-64(48(95)40(55)87)112-57-26(18-119-10-3-33(75)76)105-66(50(97)42(57)89)114-59-28(20-121-12-5-35(79)80)107-68(52(99)44(59)91)116-61-30(22-123-14-7-37(83)84)108-69(53(100)45(61)92)115-60-29(21-122-13-6-36(81)82)106-67(51(98)43(60)90)113-58-27(19-120-11-4-34(77)78)104-65(49(96)41(58)88)111-56-25(17-118-9-2-32(73)74)102-63(109-54)47(94)39(56)86/h23-30,38-70,85-100H,1-22H2,(H,71,72)(H,73,74)(H,75,76)(H,77,78)(H,79,80)(H,81,82)(H,83,84)/t23-,24-,25-,26-,27-,28-,29-,30-,38?,39+,40+,41?,42?,43?,44?,45?,46-,47-,48-,49-,50-,51-,52-,53-,54-,55-,56-,57-,58-,59?,60-,61-,62?,63-,64-,65-,66?,67?,68-,69?/m1/s1. The predicted molar refractivity (Wildman–Crippen MR) is 419 cm³/mol. The van der Waals surface area contributed by atoms with Crippen LogP contribution in [0.25, 0.3) is 0 Å². The van der Waals surface area contributed by atoms with Crippen molar-refractivity contribution < 1.29 is 232 Å². The average Bonchev–Trinajstić information content (AvgIpc) is 0.786. The molecule has 123 heavy (non-hydrogen) atoms. The summed E-state index contributed by atoms with van der Waals surface area (Å²) in [7, 11) is 0. The molecule has 0 spiro atoms. The van der Waals surface area contributed by atoms with E-state index in [0.717, 1.165) is 82.3 Å². The van der Waals surface area contributed by atoms with Gasteiger partial charge < -0.3 is 198 Å². The molecule has 30 fully saturated rings. The molecule has 54 heteroatoms. The number of carbonyl (C=O) groups is 7. The Morgan fingerprint density at radius 2 is 0.293 bits per heavy atom. The van der Waals surface area contributed by atoms with Gasteiger partial charge >= 0.3 is 41.8 Å². The Labute approximate surface area is 729 Å². The number of hydrogen-bond donors (Lipinski definition) is 24. The number of hydrogen-bond acceptors (Lipinski definition) is 47. The number of aliphatic carboxylic acids is 7. The minimum Gasteiger partial charge on any atom is -0.481 e. The molecule has 30 aliphatic heterocycles. The third kappa shape index (κ3) is 28.5. The summed E-state index contributed by atoms with van der Waals surface area (Å²) in [6, 6.07) is 0. The molecule has 0 aromatic heterocycles. The summed E-state index contributed by atoms with van der Waals surface area (Å²) in [4.78, 5) is 82.2. The largest absolute Gasteiger partial charge is 0.481 e. The molecule has 0 aromatic carbocycles.